The Bertz CT molecular complexity index is 465. The van der Waals surface area contributed by atoms with Crippen molar-refractivity contribution in [3.8, 4) is 11.5 Å². The zero-order valence-corrected chi connectivity index (χ0v) is 11.9. The molecular formula is C13H19ClN2O3. The van der Waals surface area contributed by atoms with Crippen LogP contribution in [0, 0.1) is 5.92 Å². The van der Waals surface area contributed by atoms with Crippen molar-refractivity contribution in [2.75, 3.05) is 17.8 Å². The van der Waals surface area contributed by atoms with Gasteiger partial charge in [0.2, 0.25) is 12.7 Å². The van der Waals surface area contributed by atoms with Crippen LogP contribution in [0.15, 0.2) is 12.1 Å². The van der Waals surface area contributed by atoms with Crippen LogP contribution >= 0.6 is 12.4 Å². The normalized spacial score (nSPS) is 13.6. The molecule has 1 aliphatic rings. The smallest absolute Gasteiger partial charge is 0.231 e. The summed E-state index contributed by atoms with van der Waals surface area (Å²) in [6.45, 7) is 4.15. The molecule has 1 amide bonds. The van der Waals surface area contributed by atoms with Gasteiger partial charge in [-0.2, -0.15) is 0 Å². The van der Waals surface area contributed by atoms with Gasteiger partial charge in [-0.15, -0.1) is 12.4 Å². The van der Waals surface area contributed by atoms with E-state index in [4.69, 9.17) is 15.2 Å². The zero-order chi connectivity index (χ0) is 13.1. The standard InChI is InChI=1S/C13H18N2O3.ClH/c1-3-4-8(2)13(16)15-10-6-12-11(5-9(10)14)17-7-18-12;/h5-6,8H,3-4,7,14H2,1-2H3,(H,15,16);1H. The lowest BCUT2D eigenvalue weighted by Crippen LogP contribution is -2.20. The van der Waals surface area contributed by atoms with Gasteiger partial charge in [-0.25, -0.2) is 0 Å². The number of hydrogen-bond donors (Lipinski definition) is 2. The van der Waals surface area contributed by atoms with Crippen molar-refractivity contribution in [2.24, 2.45) is 5.92 Å². The Morgan fingerprint density at radius 1 is 1.42 bits per heavy atom. The molecule has 3 N–H and O–H groups in total. The summed E-state index contributed by atoms with van der Waals surface area (Å²) in [4.78, 5) is 11.9. The largest absolute Gasteiger partial charge is 0.454 e. The van der Waals surface area contributed by atoms with Gasteiger partial charge in [0.25, 0.3) is 0 Å². The van der Waals surface area contributed by atoms with Gasteiger partial charge in [0.15, 0.2) is 11.5 Å². The topological polar surface area (TPSA) is 73.6 Å². The first-order valence-corrected chi connectivity index (χ1v) is 6.11. The average Bonchev–Trinajstić information content (AvgIpc) is 2.76. The first-order valence-electron chi connectivity index (χ1n) is 6.11. The Morgan fingerprint density at radius 2 is 2.05 bits per heavy atom. The van der Waals surface area contributed by atoms with Gasteiger partial charge in [-0.1, -0.05) is 20.3 Å². The number of amides is 1. The second-order valence-corrected chi connectivity index (χ2v) is 4.47. The average molecular weight is 287 g/mol. The van der Waals surface area contributed by atoms with Crippen molar-refractivity contribution in [1.29, 1.82) is 0 Å². The summed E-state index contributed by atoms with van der Waals surface area (Å²) >= 11 is 0. The highest BCUT2D eigenvalue weighted by Gasteiger charge is 2.18. The number of nitrogens with one attached hydrogen (secondary N) is 1. The third-order valence-electron chi connectivity index (χ3n) is 2.97. The van der Waals surface area contributed by atoms with Crippen LogP contribution in [0.1, 0.15) is 26.7 Å². The second kappa shape index (κ2) is 6.52. The number of nitrogens with two attached hydrogens (primary N) is 1. The second-order valence-electron chi connectivity index (χ2n) is 4.47. The molecular weight excluding hydrogens is 268 g/mol. The van der Waals surface area contributed by atoms with E-state index in [9.17, 15) is 4.79 Å². The van der Waals surface area contributed by atoms with Crippen LogP contribution in [-0.2, 0) is 4.79 Å². The van der Waals surface area contributed by atoms with E-state index in [1.807, 2.05) is 6.92 Å². The number of ether oxygens (including phenoxy) is 2. The van der Waals surface area contributed by atoms with Gasteiger partial charge in [0.05, 0.1) is 11.4 Å². The van der Waals surface area contributed by atoms with Crippen LogP contribution in [0.25, 0.3) is 0 Å². The summed E-state index contributed by atoms with van der Waals surface area (Å²) in [5.74, 6) is 1.18. The van der Waals surface area contributed by atoms with Crippen LogP contribution in [0.5, 0.6) is 11.5 Å². The highest BCUT2D eigenvalue weighted by atomic mass is 35.5. The van der Waals surface area contributed by atoms with Gasteiger partial charge >= 0.3 is 0 Å². The fourth-order valence-electron chi connectivity index (χ4n) is 1.89. The van der Waals surface area contributed by atoms with Crippen molar-refractivity contribution < 1.29 is 14.3 Å². The fraction of sp³-hybridized carbons (Fsp3) is 0.462. The van der Waals surface area contributed by atoms with Gasteiger partial charge in [-0.3, -0.25) is 4.79 Å². The molecule has 1 aromatic carbocycles. The molecule has 0 saturated carbocycles. The number of carbonyl (C=O) groups is 1. The first-order chi connectivity index (χ1) is 8.61. The molecule has 1 unspecified atom stereocenters. The summed E-state index contributed by atoms with van der Waals surface area (Å²) in [6, 6.07) is 3.37. The van der Waals surface area contributed by atoms with E-state index in [-0.39, 0.29) is 31.0 Å². The Labute approximate surface area is 118 Å². The lowest BCUT2D eigenvalue weighted by molar-refractivity contribution is -0.119. The molecule has 0 aliphatic carbocycles. The summed E-state index contributed by atoms with van der Waals surface area (Å²) in [5, 5.41) is 2.82. The quantitative estimate of drug-likeness (QED) is 0.835. The minimum atomic E-state index is -0.0279. The Kier molecular flexibility index (Phi) is 5.30. The maximum absolute atomic E-state index is 11.9. The van der Waals surface area contributed by atoms with E-state index in [2.05, 4.69) is 12.2 Å². The molecule has 0 spiro atoms. The minimum Gasteiger partial charge on any atom is -0.454 e. The van der Waals surface area contributed by atoms with Crippen molar-refractivity contribution in [2.45, 2.75) is 26.7 Å². The Hall–Kier alpha value is -1.62. The van der Waals surface area contributed by atoms with Crippen LogP contribution in [-0.4, -0.2) is 12.7 Å². The molecule has 106 valence electrons. The molecule has 1 aliphatic heterocycles. The number of fused-ring (bicyclic) bond motifs is 1. The van der Waals surface area contributed by atoms with E-state index in [1.165, 1.54) is 0 Å². The molecule has 6 heteroatoms. The van der Waals surface area contributed by atoms with Crippen molar-refractivity contribution in [1.82, 2.24) is 0 Å². The number of halogens is 1. The van der Waals surface area contributed by atoms with Gasteiger partial charge < -0.3 is 20.5 Å². The predicted molar refractivity (Wildman–Crippen MR) is 76.9 cm³/mol. The third-order valence-corrected chi connectivity index (χ3v) is 2.97. The summed E-state index contributed by atoms with van der Waals surface area (Å²) in [7, 11) is 0. The third kappa shape index (κ3) is 3.44. The fourth-order valence-corrected chi connectivity index (χ4v) is 1.89. The zero-order valence-electron chi connectivity index (χ0n) is 11.1. The van der Waals surface area contributed by atoms with Gasteiger partial charge in [0.1, 0.15) is 0 Å². The van der Waals surface area contributed by atoms with Crippen molar-refractivity contribution >= 4 is 29.7 Å². The summed E-state index contributed by atoms with van der Waals surface area (Å²) in [5.41, 5.74) is 6.92. The van der Waals surface area contributed by atoms with Crippen LogP contribution in [0.3, 0.4) is 0 Å². The number of nitrogen functional groups attached to an aromatic ring is 1. The molecule has 5 nitrogen and oxygen atoms in total. The lowest BCUT2D eigenvalue weighted by Gasteiger charge is -2.13. The van der Waals surface area contributed by atoms with E-state index < -0.39 is 0 Å². The molecule has 1 heterocycles. The monoisotopic (exact) mass is 286 g/mol. The maximum atomic E-state index is 11.9. The van der Waals surface area contributed by atoms with E-state index in [0.29, 0.717) is 22.9 Å². The maximum Gasteiger partial charge on any atom is 0.231 e. The molecule has 1 aromatic rings. The molecule has 1 atom stereocenters. The molecule has 2 rings (SSSR count). The molecule has 19 heavy (non-hydrogen) atoms. The SMILES string of the molecule is CCCC(C)C(=O)Nc1cc2c(cc1N)OCO2.Cl. The predicted octanol–water partition coefficient (Wildman–Crippen LogP) is 2.79. The van der Waals surface area contributed by atoms with E-state index in [1.54, 1.807) is 12.1 Å². The van der Waals surface area contributed by atoms with Crippen LogP contribution in [0.4, 0.5) is 11.4 Å². The summed E-state index contributed by atoms with van der Waals surface area (Å²) < 4.78 is 10.5. The number of benzene rings is 1. The van der Waals surface area contributed by atoms with E-state index in [0.717, 1.165) is 12.8 Å². The van der Waals surface area contributed by atoms with Gasteiger partial charge in [-0.05, 0) is 6.42 Å². The molecule has 0 bridgehead atoms. The number of rotatable bonds is 4. The first kappa shape index (κ1) is 15.4. The van der Waals surface area contributed by atoms with E-state index >= 15 is 0 Å². The minimum absolute atomic E-state index is 0. The number of carbonyl (C=O) groups excluding carboxylic acids is 1. The Morgan fingerprint density at radius 3 is 2.68 bits per heavy atom. The van der Waals surface area contributed by atoms with Crippen molar-refractivity contribution in [3.63, 3.8) is 0 Å². The molecule has 0 saturated heterocycles. The number of hydrogen-bond acceptors (Lipinski definition) is 4. The molecule has 0 aromatic heterocycles. The highest BCUT2D eigenvalue weighted by Crippen LogP contribution is 2.38. The van der Waals surface area contributed by atoms with Gasteiger partial charge in [0, 0.05) is 18.1 Å². The highest BCUT2D eigenvalue weighted by molar-refractivity contribution is 5.95. The van der Waals surface area contributed by atoms with Crippen LogP contribution in [0.2, 0.25) is 0 Å². The summed E-state index contributed by atoms with van der Waals surface area (Å²) in [6.07, 6.45) is 1.83. The van der Waals surface area contributed by atoms with Crippen LogP contribution < -0.4 is 20.5 Å². The molecule has 0 fully saturated rings. The number of anilines is 2. The Balaban J connectivity index is 0.00000180. The molecule has 0 radical (unpaired) electrons. The van der Waals surface area contributed by atoms with Crippen molar-refractivity contribution in [3.05, 3.63) is 12.1 Å². The lowest BCUT2D eigenvalue weighted by atomic mass is 10.1.